The van der Waals surface area contributed by atoms with Crippen molar-refractivity contribution in [3.8, 4) is 5.69 Å². The number of imidazole rings is 1. The Kier molecular flexibility index (Phi) is 3.45. The highest BCUT2D eigenvalue weighted by molar-refractivity contribution is 7.71. The summed E-state index contributed by atoms with van der Waals surface area (Å²) >= 11 is 5.53. The Morgan fingerprint density at radius 1 is 1.15 bits per heavy atom. The standard InChI is InChI=1S/C17H18N2S/c1-3-6-13-7-4-5-8-15(13)19-16-10-9-12(2)11-14(16)18-17(19)20/h4-5,7-11H,3,6H2,1-2H3,(H,18,20). The minimum absolute atomic E-state index is 0.758. The molecule has 0 fully saturated rings. The molecule has 0 aliphatic rings. The topological polar surface area (TPSA) is 20.7 Å². The molecule has 0 radical (unpaired) electrons. The van der Waals surface area contributed by atoms with Gasteiger partial charge in [0.1, 0.15) is 0 Å². The highest BCUT2D eigenvalue weighted by atomic mass is 32.1. The Morgan fingerprint density at radius 2 is 1.95 bits per heavy atom. The first-order valence-corrected chi connectivity index (χ1v) is 7.41. The number of aromatic nitrogens is 2. The van der Waals surface area contributed by atoms with Gasteiger partial charge in [-0.1, -0.05) is 37.6 Å². The first-order valence-electron chi connectivity index (χ1n) is 7.00. The van der Waals surface area contributed by atoms with E-state index < -0.39 is 0 Å². The predicted molar refractivity (Wildman–Crippen MR) is 87.2 cm³/mol. The van der Waals surface area contributed by atoms with Crippen LogP contribution in [0, 0.1) is 11.7 Å². The van der Waals surface area contributed by atoms with Gasteiger partial charge in [-0.05, 0) is 54.9 Å². The van der Waals surface area contributed by atoms with Gasteiger partial charge in [-0.25, -0.2) is 0 Å². The maximum absolute atomic E-state index is 5.53. The van der Waals surface area contributed by atoms with Crippen molar-refractivity contribution in [3.05, 3.63) is 58.4 Å². The lowest BCUT2D eigenvalue weighted by Crippen LogP contribution is -1.99. The number of nitrogens with zero attached hydrogens (tertiary/aromatic N) is 1. The molecule has 0 saturated carbocycles. The molecule has 0 bridgehead atoms. The SMILES string of the molecule is CCCc1ccccc1-n1c(=S)[nH]c2cc(C)ccc21. The first kappa shape index (κ1) is 13.1. The van der Waals surface area contributed by atoms with E-state index in [1.807, 2.05) is 0 Å². The number of para-hydroxylation sites is 1. The molecule has 0 aliphatic carbocycles. The molecule has 3 heteroatoms. The van der Waals surface area contributed by atoms with Gasteiger partial charge in [-0.15, -0.1) is 0 Å². The Morgan fingerprint density at radius 3 is 2.75 bits per heavy atom. The van der Waals surface area contributed by atoms with Gasteiger partial charge in [0, 0.05) is 0 Å². The molecule has 20 heavy (non-hydrogen) atoms. The zero-order valence-electron chi connectivity index (χ0n) is 11.8. The molecule has 1 N–H and O–H groups in total. The lowest BCUT2D eigenvalue weighted by molar-refractivity contribution is 0.900. The van der Waals surface area contributed by atoms with Gasteiger partial charge in [-0.2, -0.15) is 0 Å². The van der Waals surface area contributed by atoms with Crippen LogP contribution in [-0.2, 0) is 6.42 Å². The van der Waals surface area contributed by atoms with Gasteiger partial charge in [-0.3, -0.25) is 4.57 Å². The van der Waals surface area contributed by atoms with E-state index in [2.05, 4.69) is 65.9 Å². The van der Waals surface area contributed by atoms with Crippen LogP contribution in [0.25, 0.3) is 16.7 Å². The van der Waals surface area contributed by atoms with E-state index in [1.54, 1.807) is 0 Å². The Balaban J connectivity index is 2.30. The molecule has 1 aromatic heterocycles. The van der Waals surface area contributed by atoms with E-state index in [0.29, 0.717) is 0 Å². The Hall–Kier alpha value is -1.87. The molecule has 1 heterocycles. The normalized spacial score (nSPS) is 11.1. The molecule has 0 saturated heterocycles. The van der Waals surface area contributed by atoms with E-state index in [1.165, 1.54) is 16.8 Å². The fourth-order valence-electron chi connectivity index (χ4n) is 2.67. The van der Waals surface area contributed by atoms with Crippen LogP contribution in [0.5, 0.6) is 0 Å². The highest BCUT2D eigenvalue weighted by Crippen LogP contribution is 2.23. The minimum Gasteiger partial charge on any atom is -0.330 e. The molecule has 3 aromatic rings. The summed E-state index contributed by atoms with van der Waals surface area (Å²) in [6.07, 6.45) is 2.20. The Labute approximate surface area is 124 Å². The summed E-state index contributed by atoms with van der Waals surface area (Å²) in [5.74, 6) is 0. The van der Waals surface area contributed by atoms with E-state index >= 15 is 0 Å². The van der Waals surface area contributed by atoms with Crippen LogP contribution >= 0.6 is 12.2 Å². The van der Waals surface area contributed by atoms with Gasteiger partial charge in [0.2, 0.25) is 0 Å². The van der Waals surface area contributed by atoms with Crippen LogP contribution in [0.3, 0.4) is 0 Å². The number of aromatic amines is 1. The van der Waals surface area contributed by atoms with Crippen LogP contribution < -0.4 is 0 Å². The average molecular weight is 282 g/mol. The van der Waals surface area contributed by atoms with Crippen LogP contribution in [0.4, 0.5) is 0 Å². The number of hydrogen-bond donors (Lipinski definition) is 1. The lowest BCUT2D eigenvalue weighted by atomic mass is 10.1. The number of aryl methyl sites for hydroxylation is 2. The second-order valence-corrected chi connectivity index (χ2v) is 5.55. The Bertz CT molecular complexity index is 811. The van der Waals surface area contributed by atoms with Crippen LogP contribution in [0.15, 0.2) is 42.5 Å². The molecule has 0 spiro atoms. The second kappa shape index (κ2) is 5.25. The van der Waals surface area contributed by atoms with Crippen molar-refractivity contribution < 1.29 is 0 Å². The minimum atomic E-state index is 0.758. The largest absolute Gasteiger partial charge is 0.330 e. The molecule has 3 rings (SSSR count). The second-order valence-electron chi connectivity index (χ2n) is 5.16. The molecule has 0 unspecified atom stereocenters. The van der Waals surface area contributed by atoms with Crippen LogP contribution in [0.1, 0.15) is 24.5 Å². The quantitative estimate of drug-likeness (QED) is 0.674. The van der Waals surface area contributed by atoms with Gasteiger partial charge in [0.15, 0.2) is 4.77 Å². The summed E-state index contributed by atoms with van der Waals surface area (Å²) in [5.41, 5.74) is 6.01. The predicted octanol–water partition coefficient (Wildman–Crippen LogP) is 4.95. The van der Waals surface area contributed by atoms with Crippen molar-refractivity contribution >= 4 is 23.3 Å². The molecule has 2 nitrogen and oxygen atoms in total. The third-order valence-electron chi connectivity index (χ3n) is 3.59. The fraction of sp³-hybridized carbons (Fsp3) is 0.235. The number of rotatable bonds is 3. The summed E-state index contributed by atoms with van der Waals surface area (Å²) in [6.45, 7) is 4.30. The van der Waals surface area contributed by atoms with Crippen molar-refractivity contribution in [2.24, 2.45) is 0 Å². The zero-order valence-corrected chi connectivity index (χ0v) is 12.6. The van der Waals surface area contributed by atoms with E-state index in [-0.39, 0.29) is 0 Å². The van der Waals surface area contributed by atoms with Crippen molar-refractivity contribution in [1.82, 2.24) is 9.55 Å². The van der Waals surface area contributed by atoms with Crippen molar-refractivity contribution in [2.75, 3.05) is 0 Å². The van der Waals surface area contributed by atoms with Gasteiger partial charge in [0.25, 0.3) is 0 Å². The summed E-state index contributed by atoms with van der Waals surface area (Å²) in [5, 5.41) is 0. The third kappa shape index (κ3) is 2.18. The number of hydrogen-bond acceptors (Lipinski definition) is 1. The monoisotopic (exact) mass is 282 g/mol. The number of H-pyrrole nitrogens is 1. The number of benzene rings is 2. The number of fused-ring (bicyclic) bond motifs is 1. The molecule has 0 amide bonds. The summed E-state index contributed by atoms with van der Waals surface area (Å²) < 4.78 is 2.91. The molecular weight excluding hydrogens is 264 g/mol. The van der Waals surface area contributed by atoms with Crippen molar-refractivity contribution in [1.29, 1.82) is 0 Å². The summed E-state index contributed by atoms with van der Waals surface area (Å²) in [7, 11) is 0. The van der Waals surface area contributed by atoms with E-state index in [9.17, 15) is 0 Å². The number of nitrogens with one attached hydrogen (secondary N) is 1. The van der Waals surface area contributed by atoms with Crippen LogP contribution in [-0.4, -0.2) is 9.55 Å². The average Bonchev–Trinajstić information content (AvgIpc) is 2.75. The molecular formula is C17H18N2S. The maximum atomic E-state index is 5.53. The van der Waals surface area contributed by atoms with E-state index in [4.69, 9.17) is 12.2 Å². The molecule has 0 aliphatic heterocycles. The van der Waals surface area contributed by atoms with E-state index in [0.717, 1.165) is 28.6 Å². The van der Waals surface area contributed by atoms with Gasteiger partial charge >= 0.3 is 0 Å². The molecule has 102 valence electrons. The smallest absolute Gasteiger partial charge is 0.182 e. The van der Waals surface area contributed by atoms with Crippen molar-refractivity contribution in [2.45, 2.75) is 26.7 Å². The molecule has 2 aromatic carbocycles. The third-order valence-corrected chi connectivity index (χ3v) is 3.87. The van der Waals surface area contributed by atoms with Gasteiger partial charge < -0.3 is 4.98 Å². The van der Waals surface area contributed by atoms with Crippen molar-refractivity contribution in [3.63, 3.8) is 0 Å². The lowest BCUT2D eigenvalue weighted by Gasteiger charge is -2.10. The first-order chi connectivity index (χ1) is 9.70. The summed E-state index contributed by atoms with van der Waals surface area (Å²) in [6, 6.07) is 14.9. The fourth-order valence-corrected chi connectivity index (χ4v) is 2.98. The zero-order chi connectivity index (χ0) is 14.1. The molecule has 0 atom stereocenters. The maximum Gasteiger partial charge on any atom is 0.182 e. The highest BCUT2D eigenvalue weighted by Gasteiger charge is 2.09. The van der Waals surface area contributed by atoms with Gasteiger partial charge in [0.05, 0.1) is 16.7 Å². The van der Waals surface area contributed by atoms with Crippen LogP contribution in [0.2, 0.25) is 0 Å². The summed E-state index contributed by atoms with van der Waals surface area (Å²) in [4.78, 5) is 3.31.